The summed E-state index contributed by atoms with van der Waals surface area (Å²) in [6.07, 6.45) is 4.02. The zero-order chi connectivity index (χ0) is 12.1. The van der Waals surface area contributed by atoms with Gasteiger partial charge in [-0.15, -0.1) is 0 Å². The summed E-state index contributed by atoms with van der Waals surface area (Å²) in [5.74, 6) is 0.365. The molecule has 1 aromatic heterocycles. The van der Waals surface area contributed by atoms with Crippen molar-refractivity contribution in [3.05, 3.63) is 24.5 Å². The van der Waals surface area contributed by atoms with Gasteiger partial charge in [0.2, 0.25) is 5.91 Å². The average molecular weight is 221 g/mol. The Morgan fingerprint density at radius 3 is 2.50 bits per heavy atom. The van der Waals surface area contributed by atoms with Crippen LogP contribution in [-0.4, -0.2) is 24.0 Å². The van der Waals surface area contributed by atoms with E-state index in [1.807, 2.05) is 0 Å². The molecule has 0 unspecified atom stereocenters. The second-order valence-electron chi connectivity index (χ2n) is 4.34. The highest BCUT2D eigenvalue weighted by Gasteiger charge is 2.19. The van der Waals surface area contributed by atoms with E-state index in [9.17, 15) is 4.79 Å². The average Bonchev–Trinajstić information content (AvgIpc) is 2.27. The van der Waals surface area contributed by atoms with E-state index in [0.29, 0.717) is 12.3 Å². The van der Waals surface area contributed by atoms with E-state index in [0.717, 1.165) is 5.69 Å². The van der Waals surface area contributed by atoms with Gasteiger partial charge in [0, 0.05) is 25.1 Å². The van der Waals surface area contributed by atoms with Crippen molar-refractivity contribution in [2.75, 3.05) is 11.9 Å². The third-order valence-corrected chi connectivity index (χ3v) is 2.42. The van der Waals surface area contributed by atoms with Crippen molar-refractivity contribution in [3.8, 4) is 0 Å². The Labute approximate surface area is 96.5 Å². The van der Waals surface area contributed by atoms with Crippen molar-refractivity contribution in [1.29, 1.82) is 0 Å². The van der Waals surface area contributed by atoms with Gasteiger partial charge >= 0.3 is 0 Å². The van der Waals surface area contributed by atoms with Gasteiger partial charge in [0.1, 0.15) is 0 Å². The van der Waals surface area contributed by atoms with Crippen LogP contribution in [0, 0.1) is 5.92 Å². The normalized spacial score (nSPS) is 12.6. The summed E-state index contributed by atoms with van der Waals surface area (Å²) >= 11 is 0. The minimum Gasteiger partial charge on any atom is -0.320 e. The number of aromatic nitrogens is 1. The number of rotatable bonds is 4. The highest BCUT2D eigenvalue weighted by Crippen LogP contribution is 2.13. The van der Waals surface area contributed by atoms with Gasteiger partial charge in [-0.3, -0.25) is 9.78 Å². The Morgan fingerprint density at radius 1 is 1.44 bits per heavy atom. The van der Waals surface area contributed by atoms with Crippen LogP contribution in [0.15, 0.2) is 24.5 Å². The maximum absolute atomic E-state index is 12.0. The highest BCUT2D eigenvalue weighted by atomic mass is 16.2. The maximum Gasteiger partial charge on any atom is 0.243 e. The van der Waals surface area contributed by atoms with E-state index >= 15 is 0 Å². The molecule has 0 spiro atoms. The zero-order valence-electron chi connectivity index (χ0n) is 10.1. The minimum atomic E-state index is -0.432. The van der Waals surface area contributed by atoms with E-state index < -0.39 is 6.04 Å². The molecule has 2 N–H and O–H groups in total. The van der Waals surface area contributed by atoms with Crippen LogP contribution in [0.2, 0.25) is 0 Å². The van der Waals surface area contributed by atoms with E-state index in [1.54, 1.807) is 36.5 Å². The van der Waals surface area contributed by atoms with Gasteiger partial charge in [0.25, 0.3) is 0 Å². The number of amides is 1. The monoisotopic (exact) mass is 221 g/mol. The SMILES string of the molecule is CC(C)C[C@H](N)C(=O)N(C)c1ccncc1. The number of pyridine rings is 1. The van der Waals surface area contributed by atoms with Crippen molar-refractivity contribution in [2.45, 2.75) is 26.3 Å². The molecular weight excluding hydrogens is 202 g/mol. The Kier molecular flexibility index (Phi) is 4.43. The Morgan fingerprint density at radius 2 is 2.00 bits per heavy atom. The van der Waals surface area contributed by atoms with Gasteiger partial charge in [-0.25, -0.2) is 0 Å². The zero-order valence-corrected chi connectivity index (χ0v) is 10.1. The summed E-state index contributed by atoms with van der Waals surface area (Å²) in [7, 11) is 1.73. The molecule has 4 nitrogen and oxygen atoms in total. The quantitative estimate of drug-likeness (QED) is 0.836. The molecule has 1 amide bonds. The molecular formula is C12H19N3O. The molecule has 0 saturated heterocycles. The first kappa shape index (κ1) is 12.6. The summed E-state index contributed by atoms with van der Waals surface area (Å²) < 4.78 is 0. The molecule has 1 rings (SSSR count). The highest BCUT2D eigenvalue weighted by molar-refractivity contribution is 5.96. The molecule has 1 atom stereocenters. The van der Waals surface area contributed by atoms with Gasteiger partial charge in [-0.05, 0) is 24.5 Å². The summed E-state index contributed by atoms with van der Waals surface area (Å²) in [4.78, 5) is 17.4. The number of nitrogens with zero attached hydrogens (tertiary/aromatic N) is 2. The van der Waals surface area contributed by atoms with Crippen LogP contribution in [0.5, 0.6) is 0 Å². The Bertz CT molecular complexity index is 337. The molecule has 16 heavy (non-hydrogen) atoms. The largest absolute Gasteiger partial charge is 0.320 e. The van der Waals surface area contributed by atoms with Crippen molar-refractivity contribution >= 4 is 11.6 Å². The third-order valence-electron chi connectivity index (χ3n) is 2.42. The Balaban J connectivity index is 2.67. The van der Waals surface area contributed by atoms with E-state index in [4.69, 9.17) is 5.73 Å². The Hall–Kier alpha value is -1.42. The van der Waals surface area contributed by atoms with Crippen LogP contribution in [0.25, 0.3) is 0 Å². The lowest BCUT2D eigenvalue weighted by molar-refractivity contribution is -0.119. The maximum atomic E-state index is 12.0. The molecule has 0 bridgehead atoms. The summed E-state index contributed by atoms with van der Waals surface area (Å²) in [6.45, 7) is 4.11. The van der Waals surface area contributed by atoms with Gasteiger partial charge < -0.3 is 10.6 Å². The second kappa shape index (κ2) is 5.61. The molecule has 1 aromatic rings. The van der Waals surface area contributed by atoms with Gasteiger partial charge in [0.15, 0.2) is 0 Å². The number of hydrogen-bond donors (Lipinski definition) is 1. The number of likely N-dealkylation sites (N-methyl/N-ethyl adjacent to an activating group) is 1. The number of carbonyl (C=O) groups is 1. The van der Waals surface area contributed by atoms with Crippen molar-refractivity contribution < 1.29 is 4.79 Å². The van der Waals surface area contributed by atoms with Crippen LogP contribution in [0.4, 0.5) is 5.69 Å². The van der Waals surface area contributed by atoms with Gasteiger partial charge in [0.05, 0.1) is 6.04 Å². The van der Waals surface area contributed by atoms with Crippen LogP contribution in [0.1, 0.15) is 20.3 Å². The van der Waals surface area contributed by atoms with Crippen LogP contribution < -0.4 is 10.6 Å². The summed E-state index contributed by atoms with van der Waals surface area (Å²) in [5, 5.41) is 0. The number of nitrogens with two attached hydrogens (primary N) is 1. The molecule has 4 heteroatoms. The number of hydrogen-bond acceptors (Lipinski definition) is 3. The van der Waals surface area contributed by atoms with Gasteiger partial charge in [-0.1, -0.05) is 13.8 Å². The first-order valence-corrected chi connectivity index (χ1v) is 5.45. The molecule has 0 aliphatic carbocycles. The minimum absolute atomic E-state index is 0.0556. The van der Waals surface area contributed by atoms with E-state index in [-0.39, 0.29) is 5.91 Å². The molecule has 0 saturated carbocycles. The first-order valence-electron chi connectivity index (χ1n) is 5.45. The third kappa shape index (κ3) is 3.31. The van der Waals surface area contributed by atoms with E-state index in [1.165, 1.54) is 0 Å². The topological polar surface area (TPSA) is 59.2 Å². The van der Waals surface area contributed by atoms with E-state index in [2.05, 4.69) is 18.8 Å². The molecule has 0 aromatic carbocycles. The second-order valence-corrected chi connectivity index (χ2v) is 4.34. The molecule has 1 heterocycles. The van der Waals surface area contributed by atoms with Crippen LogP contribution in [0.3, 0.4) is 0 Å². The number of carbonyl (C=O) groups excluding carboxylic acids is 1. The lowest BCUT2D eigenvalue weighted by Gasteiger charge is -2.22. The molecule has 0 aliphatic heterocycles. The lowest BCUT2D eigenvalue weighted by Crippen LogP contribution is -2.42. The predicted octanol–water partition coefficient (Wildman–Crippen LogP) is 1.42. The summed E-state index contributed by atoms with van der Waals surface area (Å²) in [5.41, 5.74) is 6.67. The molecule has 0 fully saturated rings. The van der Waals surface area contributed by atoms with Crippen molar-refractivity contribution in [3.63, 3.8) is 0 Å². The lowest BCUT2D eigenvalue weighted by atomic mass is 10.0. The van der Waals surface area contributed by atoms with Gasteiger partial charge in [-0.2, -0.15) is 0 Å². The number of anilines is 1. The first-order chi connectivity index (χ1) is 7.52. The molecule has 0 radical (unpaired) electrons. The predicted molar refractivity (Wildman–Crippen MR) is 65.1 cm³/mol. The van der Waals surface area contributed by atoms with Crippen LogP contribution in [-0.2, 0) is 4.79 Å². The fraction of sp³-hybridized carbons (Fsp3) is 0.500. The smallest absolute Gasteiger partial charge is 0.243 e. The fourth-order valence-corrected chi connectivity index (χ4v) is 1.55. The van der Waals surface area contributed by atoms with Crippen LogP contribution >= 0.6 is 0 Å². The molecule has 0 aliphatic rings. The van der Waals surface area contributed by atoms with Crippen molar-refractivity contribution in [1.82, 2.24) is 4.98 Å². The molecule has 88 valence electrons. The fourth-order valence-electron chi connectivity index (χ4n) is 1.55. The summed E-state index contributed by atoms with van der Waals surface area (Å²) in [6, 6.07) is 3.15. The van der Waals surface area contributed by atoms with Crippen molar-refractivity contribution in [2.24, 2.45) is 11.7 Å². The standard InChI is InChI=1S/C12H19N3O/c1-9(2)8-11(13)12(16)15(3)10-4-6-14-7-5-10/h4-7,9,11H,8,13H2,1-3H3/t11-/m0/s1.